The highest BCUT2D eigenvalue weighted by atomic mass is 16.5. The largest absolute Gasteiger partial charge is 0.462 e. The van der Waals surface area contributed by atoms with Crippen molar-refractivity contribution >= 4 is 11.7 Å². The number of benzene rings is 1. The van der Waals surface area contributed by atoms with E-state index in [1.54, 1.807) is 18.2 Å². The molecule has 0 heterocycles. The Hall–Kier alpha value is -1.51. The molecule has 1 aliphatic rings. The van der Waals surface area contributed by atoms with Gasteiger partial charge in [0, 0.05) is 5.69 Å². The molecule has 15 heavy (non-hydrogen) atoms. The highest BCUT2D eigenvalue weighted by Gasteiger charge is 2.23. The van der Waals surface area contributed by atoms with E-state index in [-0.39, 0.29) is 5.97 Å². The molecular formula is C12H15NO2. The number of ether oxygens (including phenoxy) is 1. The van der Waals surface area contributed by atoms with Gasteiger partial charge in [0.2, 0.25) is 0 Å². The van der Waals surface area contributed by atoms with Crippen molar-refractivity contribution in [2.75, 3.05) is 12.3 Å². The molecule has 0 spiro atoms. The van der Waals surface area contributed by atoms with Gasteiger partial charge in [-0.25, -0.2) is 4.79 Å². The summed E-state index contributed by atoms with van der Waals surface area (Å²) in [4.78, 5) is 11.7. The molecule has 0 aliphatic heterocycles. The topological polar surface area (TPSA) is 52.3 Å². The second kappa shape index (κ2) is 3.93. The molecule has 0 unspecified atom stereocenters. The number of carbonyl (C=O) groups excluding carboxylic acids is 1. The first-order valence-corrected chi connectivity index (χ1v) is 5.20. The van der Waals surface area contributed by atoms with Crippen molar-refractivity contribution in [3.63, 3.8) is 0 Å². The van der Waals surface area contributed by atoms with Gasteiger partial charge in [-0.2, -0.15) is 0 Å². The first kappa shape index (κ1) is 10.0. The number of hydrogen-bond acceptors (Lipinski definition) is 3. The normalized spacial score (nSPS) is 15.0. The van der Waals surface area contributed by atoms with E-state index in [1.165, 1.54) is 12.8 Å². The minimum absolute atomic E-state index is 0.258. The number of nitrogens with two attached hydrogens (primary N) is 1. The van der Waals surface area contributed by atoms with Crippen LogP contribution in [0.15, 0.2) is 18.2 Å². The fourth-order valence-electron chi connectivity index (χ4n) is 1.43. The SMILES string of the molecule is Cc1c(N)cccc1C(=O)OCC1CC1. The van der Waals surface area contributed by atoms with Crippen LogP contribution < -0.4 is 5.73 Å². The molecule has 0 amide bonds. The van der Waals surface area contributed by atoms with Gasteiger partial charge in [0.1, 0.15) is 0 Å². The summed E-state index contributed by atoms with van der Waals surface area (Å²) in [6, 6.07) is 5.31. The van der Waals surface area contributed by atoms with Gasteiger partial charge >= 0.3 is 5.97 Å². The molecule has 0 saturated heterocycles. The maximum atomic E-state index is 11.7. The van der Waals surface area contributed by atoms with Gasteiger partial charge in [0.25, 0.3) is 0 Å². The summed E-state index contributed by atoms with van der Waals surface area (Å²) >= 11 is 0. The molecule has 1 fully saturated rings. The molecule has 1 aliphatic carbocycles. The summed E-state index contributed by atoms with van der Waals surface area (Å²) in [5.41, 5.74) is 7.74. The maximum Gasteiger partial charge on any atom is 0.338 e. The second-order valence-electron chi connectivity index (χ2n) is 4.06. The van der Waals surface area contributed by atoms with E-state index < -0.39 is 0 Å². The summed E-state index contributed by atoms with van der Waals surface area (Å²) in [5, 5.41) is 0. The Morgan fingerprint density at radius 3 is 2.93 bits per heavy atom. The molecule has 2 rings (SSSR count). The van der Waals surface area contributed by atoms with Gasteiger partial charge in [-0.15, -0.1) is 0 Å². The molecule has 1 aromatic rings. The van der Waals surface area contributed by atoms with E-state index >= 15 is 0 Å². The smallest absolute Gasteiger partial charge is 0.338 e. The predicted molar refractivity (Wildman–Crippen MR) is 58.6 cm³/mol. The van der Waals surface area contributed by atoms with Crippen LogP contribution in [0.3, 0.4) is 0 Å². The third-order valence-corrected chi connectivity index (χ3v) is 2.74. The zero-order valence-electron chi connectivity index (χ0n) is 8.82. The maximum absolute atomic E-state index is 11.7. The molecule has 1 saturated carbocycles. The summed E-state index contributed by atoms with van der Waals surface area (Å²) in [7, 11) is 0. The van der Waals surface area contributed by atoms with Crippen molar-refractivity contribution in [3.05, 3.63) is 29.3 Å². The van der Waals surface area contributed by atoms with Crippen LogP contribution in [-0.2, 0) is 4.74 Å². The lowest BCUT2D eigenvalue weighted by Crippen LogP contribution is -2.10. The summed E-state index contributed by atoms with van der Waals surface area (Å²) in [6.45, 7) is 2.39. The van der Waals surface area contributed by atoms with E-state index in [0.29, 0.717) is 23.8 Å². The quantitative estimate of drug-likeness (QED) is 0.607. The van der Waals surface area contributed by atoms with Gasteiger partial charge < -0.3 is 10.5 Å². The van der Waals surface area contributed by atoms with Crippen molar-refractivity contribution < 1.29 is 9.53 Å². The highest BCUT2D eigenvalue weighted by Crippen LogP contribution is 2.29. The Balaban J connectivity index is 2.06. The Labute approximate surface area is 89.2 Å². The third-order valence-electron chi connectivity index (χ3n) is 2.74. The number of rotatable bonds is 3. The third kappa shape index (κ3) is 2.29. The first-order chi connectivity index (χ1) is 7.18. The molecule has 2 N–H and O–H groups in total. The van der Waals surface area contributed by atoms with Gasteiger partial charge in [-0.3, -0.25) is 0 Å². The Morgan fingerprint density at radius 1 is 1.53 bits per heavy atom. The Bertz CT molecular complexity index is 383. The van der Waals surface area contributed by atoms with Crippen molar-refractivity contribution in [1.82, 2.24) is 0 Å². The van der Waals surface area contributed by atoms with Gasteiger partial charge in [-0.1, -0.05) is 6.07 Å². The van der Waals surface area contributed by atoms with Crippen LogP contribution in [0, 0.1) is 12.8 Å². The Kier molecular flexibility index (Phi) is 2.62. The lowest BCUT2D eigenvalue weighted by atomic mass is 10.1. The number of esters is 1. The summed E-state index contributed by atoms with van der Waals surface area (Å²) < 4.78 is 5.19. The summed E-state index contributed by atoms with van der Waals surface area (Å²) in [5.74, 6) is 0.335. The van der Waals surface area contributed by atoms with Crippen LogP contribution in [-0.4, -0.2) is 12.6 Å². The van der Waals surface area contributed by atoms with Crippen LogP contribution >= 0.6 is 0 Å². The van der Waals surface area contributed by atoms with Crippen molar-refractivity contribution in [1.29, 1.82) is 0 Å². The lowest BCUT2D eigenvalue weighted by Gasteiger charge is -2.07. The van der Waals surface area contributed by atoms with E-state index in [0.717, 1.165) is 5.56 Å². The zero-order valence-corrected chi connectivity index (χ0v) is 8.82. The molecule has 80 valence electrons. The number of nitrogen functional groups attached to an aromatic ring is 1. The van der Waals surface area contributed by atoms with Crippen molar-refractivity contribution in [3.8, 4) is 0 Å². The van der Waals surface area contributed by atoms with E-state index in [1.807, 2.05) is 6.92 Å². The molecular weight excluding hydrogens is 190 g/mol. The fourth-order valence-corrected chi connectivity index (χ4v) is 1.43. The van der Waals surface area contributed by atoms with Crippen LogP contribution in [0.5, 0.6) is 0 Å². The number of hydrogen-bond donors (Lipinski definition) is 1. The number of carbonyl (C=O) groups is 1. The molecule has 1 aromatic carbocycles. The molecule has 0 bridgehead atoms. The highest BCUT2D eigenvalue weighted by molar-refractivity contribution is 5.92. The van der Waals surface area contributed by atoms with Crippen LogP contribution in [0.25, 0.3) is 0 Å². The molecule has 0 aromatic heterocycles. The van der Waals surface area contributed by atoms with Crippen molar-refractivity contribution in [2.45, 2.75) is 19.8 Å². The molecule has 3 nitrogen and oxygen atoms in total. The molecule has 0 radical (unpaired) electrons. The van der Waals surface area contributed by atoms with Crippen LogP contribution in [0.4, 0.5) is 5.69 Å². The fraction of sp³-hybridized carbons (Fsp3) is 0.417. The standard InChI is InChI=1S/C12H15NO2/c1-8-10(3-2-4-11(8)13)12(14)15-7-9-5-6-9/h2-4,9H,5-7,13H2,1H3. The average molecular weight is 205 g/mol. The first-order valence-electron chi connectivity index (χ1n) is 5.20. The monoisotopic (exact) mass is 205 g/mol. The van der Waals surface area contributed by atoms with Gasteiger partial charge in [0.05, 0.1) is 12.2 Å². The minimum Gasteiger partial charge on any atom is -0.462 e. The molecule has 3 heteroatoms. The van der Waals surface area contributed by atoms with Gasteiger partial charge in [0.15, 0.2) is 0 Å². The second-order valence-corrected chi connectivity index (χ2v) is 4.06. The lowest BCUT2D eigenvalue weighted by molar-refractivity contribution is 0.0485. The summed E-state index contributed by atoms with van der Waals surface area (Å²) in [6.07, 6.45) is 2.37. The van der Waals surface area contributed by atoms with E-state index in [2.05, 4.69) is 0 Å². The van der Waals surface area contributed by atoms with E-state index in [4.69, 9.17) is 10.5 Å². The minimum atomic E-state index is -0.258. The van der Waals surface area contributed by atoms with Crippen molar-refractivity contribution in [2.24, 2.45) is 5.92 Å². The van der Waals surface area contributed by atoms with E-state index in [9.17, 15) is 4.79 Å². The van der Waals surface area contributed by atoms with Crippen LogP contribution in [0.1, 0.15) is 28.8 Å². The predicted octanol–water partition coefficient (Wildman–Crippen LogP) is 2.14. The molecule has 0 atom stereocenters. The van der Waals surface area contributed by atoms with Crippen LogP contribution in [0.2, 0.25) is 0 Å². The zero-order chi connectivity index (χ0) is 10.8. The number of anilines is 1. The average Bonchev–Trinajstić information content (AvgIpc) is 3.02. The Morgan fingerprint density at radius 2 is 2.27 bits per heavy atom. The van der Waals surface area contributed by atoms with Gasteiger partial charge in [-0.05, 0) is 43.4 Å².